The van der Waals surface area contributed by atoms with Gasteiger partial charge in [-0.25, -0.2) is 0 Å². The lowest BCUT2D eigenvalue weighted by atomic mass is 10.1. The minimum Gasteiger partial charge on any atom is -0.360 e. The third-order valence-corrected chi connectivity index (χ3v) is 2.72. The second-order valence-corrected chi connectivity index (χ2v) is 4.13. The van der Waals surface area contributed by atoms with E-state index >= 15 is 0 Å². The topological polar surface area (TPSA) is 27.3 Å². The van der Waals surface area contributed by atoms with Crippen molar-refractivity contribution in [1.29, 1.82) is 0 Å². The molecule has 2 N–H and O–H groups in total. The summed E-state index contributed by atoms with van der Waals surface area (Å²) in [6.07, 6.45) is 4.15. The molecule has 1 heterocycles. The van der Waals surface area contributed by atoms with Crippen molar-refractivity contribution in [2.24, 2.45) is 0 Å². The second-order valence-electron chi connectivity index (χ2n) is 3.72. The Labute approximate surface area is 91.5 Å². The Morgan fingerprint density at radius 1 is 1.57 bits per heavy atom. The molecule has 3 nitrogen and oxygen atoms in total. The van der Waals surface area contributed by atoms with E-state index in [4.69, 9.17) is 12.2 Å². The van der Waals surface area contributed by atoms with Crippen LogP contribution in [0.5, 0.6) is 0 Å². The maximum absolute atomic E-state index is 5.15. The summed E-state index contributed by atoms with van der Waals surface area (Å²) in [5.74, 6) is 0. The first-order valence-corrected chi connectivity index (χ1v) is 5.47. The minimum atomic E-state index is 0.538. The van der Waals surface area contributed by atoms with E-state index in [1.165, 1.54) is 12.8 Å². The molecule has 80 valence electrons. The molecule has 1 saturated heterocycles. The lowest BCUT2D eigenvalue weighted by Gasteiger charge is -2.30. The van der Waals surface area contributed by atoms with Gasteiger partial charge in [-0.3, -0.25) is 0 Å². The first-order valence-electron chi connectivity index (χ1n) is 5.06. The van der Waals surface area contributed by atoms with Crippen LogP contribution in [0.15, 0.2) is 12.7 Å². The van der Waals surface area contributed by atoms with Gasteiger partial charge < -0.3 is 15.5 Å². The number of nitrogens with zero attached hydrogens (tertiary/aromatic N) is 1. The molecule has 0 bridgehead atoms. The van der Waals surface area contributed by atoms with Crippen LogP contribution in [-0.2, 0) is 0 Å². The third kappa shape index (κ3) is 4.07. The molecule has 0 saturated carbocycles. The molecule has 0 unspecified atom stereocenters. The number of thiocarbonyl (C=S) groups is 1. The van der Waals surface area contributed by atoms with E-state index < -0.39 is 0 Å². The lowest BCUT2D eigenvalue weighted by Crippen LogP contribution is -2.46. The van der Waals surface area contributed by atoms with Crippen LogP contribution in [0, 0.1) is 0 Å². The Hall–Kier alpha value is -0.610. The number of nitrogens with one attached hydrogen (secondary N) is 2. The number of hydrogen-bond donors (Lipinski definition) is 2. The monoisotopic (exact) mass is 213 g/mol. The summed E-state index contributed by atoms with van der Waals surface area (Å²) in [6, 6.07) is 0.538. The number of likely N-dealkylation sites (tertiary alicyclic amines) is 1. The van der Waals surface area contributed by atoms with Crippen LogP contribution in [0.4, 0.5) is 0 Å². The van der Waals surface area contributed by atoms with Crippen molar-refractivity contribution in [3.63, 3.8) is 0 Å². The Morgan fingerprint density at radius 3 is 2.79 bits per heavy atom. The van der Waals surface area contributed by atoms with Crippen LogP contribution in [0.3, 0.4) is 0 Å². The summed E-state index contributed by atoms with van der Waals surface area (Å²) in [6.45, 7) is 6.68. The molecule has 1 aliphatic heterocycles. The first kappa shape index (κ1) is 11.5. The van der Waals surface area contributed by atoms with Crippen molar-refractivity contribution in [2.45, 2.75) is 18.9 Å². The van der Waals surface area contributed by atoms with Gasteiger partial charge in [-0.05, 0) is 45.2 Å². The summed E-state index contributed by atoms with van der Waals surface area (Å²) in [5, 5.41) is 7.15. The maximum Gasteiger partial charge on any atom is 0.166 e. The lowest BCUT2D eigenvalue weighted by molar-refractivity contribution is 0.246. The van der Waals surface area contributed by atoms with E-state index in [-0.39, 0.29) is 0 Å². The second kappa shape index (κ2) is 5.98. The fourth-order valence-electron chi connectivity index (χ4n) is 1.55. The van der Waals surface area contributed by atoms with Gasteiger partial charge in [-0.1, -0.05) is 6.08 Å². The molecule has 0 radical (unpaired) electrons. The molecule has 1 aliphatic rings. The summed E-state index contributed by atoms with van der Waals surface area (Å²) >= 11 is 5.15. The summed E-state index contributed by atoms with van der Waals surface area (Å²) in [7, 11) is 2.16. The Bertz CT molecular complexity index is 198. The highest BCUT2D eigenvalue weighted by Crippen LogP contribution is 2.07. The van der Waals surface area contributed by atoms with E-state index in [9.17, 15) is 0 Å². The Kier molecular flexibility index (Phi) is 4.90. The van der Waals surface area contributed by atoms with Crippen LogP contribution >= 0.6 is 12.2 Å². The van der Waals surface area contributed by atoms with Crippen molar-refractivity contribution in [1.82, 2.24) is 15.5 Å². The molecule has 0 amide bonds. The highest BCUT2D eigenvalue weighted by Gasteiger charge is 2.16. The molecule has 1 rings (SSSR count). The van der Waals surface area contributed by atoms with Gasteiger partial charge >= 0.3 is 0 Å². The highest BCUT2D eigenvalue weighted by atomic mass is 32.1. The van der Waals surface area contributed by atoms with Gasteiger partial charge in [0.15, 0.2) is 5.11 Å². The summed E-state index contributed by atoms with van der Waals surface area (Å²) < 4.78 is 0. The van der Waals surface area contributed by atoms with Crippen LogP contribution < -0.4 is 10.6 Å². The molecule has 0 aromatic carbocycles. The molecule has 14 heavy (non-hydrogen) atoms. The van der Waals surface area contributed by atoms with Gasteiger partial charge in [0.05, 0.1) is 0 Å². The average Bonchev–Trinajstić information content (AvgIpc) is 2.18. The zero-order valence-corrected chi connectivity index (χ0v) is 9.57. The van der Waals surface area contributed by atoms with Gasteiger partial charge in [0.25, 0.3) is 0 Å². The van der Waals surface area contributed by atoms with Crippen LogP contribution in [0.2, 0.25) is 0 Å². The summed E-state index contributed by atoms with van der Waals surface area (Å²) in [4.78, 5) is 2.35. The van der Waals surface area contributed by atoms with E-state index in [1.807, 2.05) is 6.08 Å². The van der Waals surface area contributed by atoms with E-state index in [0.29, 0.717) is 6.04 Å². The van der Waals surface area contributed by atoms with Crippen molar-refractivity contribution in [3.8, 4) is 0 Å². The average molecular weight is 213 g/mol. The molecule has 0 aliphatic carbocycles. The molecule has 0 aromatic rings. The zero-order chi connectivity index (χ0) is 10.4. The van der Waals surface area contributed by atoms with Gasteiger partial charge in [-0.15, -0.1) is 6.58 Å². The van der Waals surface area contributed by atoms with Crippen molar-refractivity contribution in [3.05, 3.63) is 12.7 Å². The molecule has 0 spiro atoms. The minimum absolute atomic E-state index is 0.538. The quantitative estimate of drug-likeness (QED) is 0.534. The van der Waals surface area contributed by atoms with E-state index in [1.54, 1.807) is 0 Å². The Morgan fingerprint density at radius 2 is 2.21 bits per heavy atom. The SMILES string of the molecule is C=CCNC(=S)NC1CCN(C)CC1. The van der Waals surface area contributed by atoms with Crippen molar-refractivity contribution in [2.75, 3.05) is 26.7 Å². The smallest absolute Gasteiger partial charge is 0.166 e. The standard InChI is InChI=1S/C10H19N3S/c1-3-6-11-10(14)12-9-4-7-13(2)8-5-9/h3,9H,1,4-8H2,2H3,(H2,11,12,14). The molecular formula is C10H19N3S. The molecule has 0 atom stereocenters. The van der Waals surface area contributed by atoms with Gasteiger partial charge in [0.2, 0.25) is 0 Å². The number of piperidine rings is 1. The normalized spacial score (nSPS) is 18.9. The molecule has 0 aromatic heterocycles. The fourth-order valence-corrected chi connectivity index (χ4v) is 1.80. The maximum atomic E-state index is 5.15. The third-order valence-electron chi connectivity index (χ3n) is 2.46. The van der Waals surface area contributed by atoms with Gasteiger partial charge in [0, 0.05) is 12.6 Å². The molecular weight excluding hydrogens is 194 g/mol. The van der Waals surface area contributed by atoms with Gasteiger partial charge in [-0.2, -0.15) is 0 Å². The molecule has 1 fully saturated rings. The van der Waals surface area contributed by atoms with E-state index in [2.05, 4.69) is 29.2 Å². The molecule has 4 heteroatoms. The fraction of sp³-hybridized carbons (Fsp3) is 0.700. The van der Waals surface area contributed by atoms with Gasteiger partial charge in [0.1, 0.15) is 0 Å². The van der Waals surface area contributed by atoms with Crippen molar-refractivity contribution < 1.29 is 0 Å². The predicted octanol–water partition coefficient (Wildman–Crippen LogP) is 0.731. The number of rotatable bonds is 3. The van der Waals surface area contributed by atoms with Crippen molar-refractivity contribution >= 4 is 17.3 Å². The Balaban J connectivity index is 2.17. The first-order chi connectivity index (χ1) is 6.72. The summed E-state index contributed by atoms with van der Waals surface area (Å²) in [5.41, 5.74) is 0. The van der Waals surface area contributed by atoms with Crippen LogP contribution in [0.25, 0.3) is 0 Å². The largest absolute Gasteiger partial charge is 0.360 e. The highest BCUT2D eigenvalue weighted by molar-refractivity contribution is 7.80. The zero-order valence-electron chi connectivity index (χ0n) is 8.75. The predicted molar refractivity (Wildman–Crippen MR) is 64.5 cm³/mol. The van der Waals surface area contributed by atoms with Crippen LogP contribution in [-0.4, -0.2) is 42.7 Å². The van der Waals surface area contributed by atoms with Crippen LogP contribution in [0.1, 0.15) is 12.8 Å². The number of hydrogen-bond acceptors (Lipinski definition) is 2. The van der Waals surface area contributed by atoms with E-state index in [0.717, 1.165) is 24.7 Å².